The van der Waals surface area contributed by atoms with E-state index >= 15 is 0 Å². The van der Waals surface area contributed by atoms with Crippen molar-refractivity contribution in [3.63, 3.8) is 0 Å². The fraction of sp³-hybridized carbons (Fsp3) is 0.500. The molecule has 0 bridgehead atoms. The summed E-state index contributed by atoms with van der Waals surface area (Å²) in [6.45, 7) is 3.26. The van der Waals surface area contributed by atoms with E-state index in [1.54, 1.807) is 19.9 Å². The first-order valence-corrected chi connectivity index (χ1v) is 8.70. The highest BCUT2D eigenvalue weighted by Crippen LogP contribution is 2.09. The van der Waals surface area contributed by atoms with Gasteiger partial charge in [-0.15, -0.1) is 0 Å². The van der Waals surface area contributed by atoms with Gasteiger partial charge in [0.25, 0.3) is 0 Å². The van der Waals surface area contributed by atoms with Gasteiger partial charge < -0.3 is 0 Å². The Morgan fingerprint density at radius 3 is 1.94 bits per heavy atom. The first kappa shape index (κ1) is 14.3. The van der Waals surface area contributed by atoms with Crippen LogP contribution >= 0.6 is 10.7 Å². The van der Waals surface area contributed by atoms with Crippen LogP contribution in [0.3, 0.4) is 0 Å². The normalized spacial score (nSPS) is 12.6. The SMILES string of the molecule is Cc1cc(C)nc(S(=O)(=O)CCS(=O)(=O)Cl)n1. The summed E-state index contributed by atoms with van der Waals surface area (Å²) in [5.74, 6) is -1.28. The van der Waals surface area contributed by atoms with Gasteiger partial charge in [-0.1, -0.05) is 0 Å². The second-order valence-corrected chi connectivity index (χ2v) is 8.39. The summed E-state index contributed by atoms with van der Waals surface area (Å²) in [5, 5.41) is -0.365. The molecule has 0 spiro atoms. The Morgan fingerprint density at radius 2 is 1.53 bits per heavy atom. The van der Waals surface area contributed by atoms with Crippen LogP contribution in [0.2, 0.25) is 0 Å². The topological polar surface area (TPSA) is 94.1 Å². The molecule has 1 aromatic heterocycles. The zero-order valence-electron chi connectivity index (χ0n) is 9.21. The van der Waals surface area contributed by atoms with Gasteiger partial charge in [0.1, 0.15) is 0 Å². The van der Waals surface area contributed by atoms with Crippen molar-refractivity contribution in [1.82, 2.24) is 9.97 Å². The largest absolute Gasteiger partial charge is 0.247 e. The van der Waals surface area contributed by atoms with Gasteiger partial charge in [0.2, 0.25) is 24.0 Å². The van der Waals surface area contributed by atoms with Gasteiger partial charge in [0, 0.05) is 22.1 Å². The fourth-order valence-corrected chi connectivity index (χ4v) is 4.12. The molecular weight excluding hydrogens is 288 g/mol. The minimum absolute atomic E-state index is 0.365. The van der Waals surface area contributed by atoms with E-state index in [2.05, 4.69) is 9.97 Å². The third-order valence-electron chi connectivity index (χ3n) is 1.84. The first-order chi connectivity index (χ1) is 7.60. The molecule has 0 amide bonds. The Morgan fingerprint density at radius 1 is 1.06 bits per heavy atom. The molecule has 0 radical (unpaired) electrons. The Balaban J connectivity index is 3.05. The molecule has 0 atom stereocenters. The van der Waals surface area contributed by atoms with Crippen molar-refractivity contribution in [2.75, 3.05) is 11.5 Å². The van der Waals surface area contributed by atoms with Gasteiger partial charge in [0.15, 0.2) is 0 Å². The Labute approximate surface area is 104 Å². The second kappa shape index (κ2) is 4.87. The van der Waals surface area contributed by atoms with Crippen LogP contribution in [0.1, 0.15) is 11.4 Å². The van der Waals surface area contributed by atoms with Crippen LogP contribution in [0.5, 0.6) is 0 Å². The van der Waals surface area contributed by atoms with E-state index in [4.69, 9.17) is 10.7 Å². The average Bonchev–Trinajstić information content (AvgIpc) is 2.12. The zero-order chi connectivity index (χ0) is 13.3. The standard InChI is InChI=1S/C8H11ClN2O4S2/c1-6-5-7(2)11-8(10-6)16(12,13)3-4-17(9,14)15/h5H,3-4H2,1-2H3. The quantitative estimate of drug-likeness (QED) is 0.591. The van der Waals surface area contributed by atoms with Gasteiger partial charge in [0.05, 0.1) is 11.5 Å². The number of rotatable bonds is 4. The van der Waals surface area contributed by atoms with Gasteiger partial charge in [-0.3, -0.25) is 0 Å². The molecule has 0 unspecified atom stereocenters. The molecule has 0 aromatic carbocycles. The van der Waals surface area contributed by atoms with Crippen molar-refractivity contribution >= 4 is 29.6 Å². The molecule has 0 saturated heterocycles. The molecular formula is C8H11ClN2O4S2. The summed E-state index contributed by atoms with van der Waals surface area (Å²) in [6, 6.07) is 1.62. The number of hydrogen-bond donors (Lipinski definition) is 0. The molecule has 6 nitrogen and oxygen atoms in total. The highest BCUT2D eigenvalue weighted by molar-refractivity contribution is 8.14. The number of aryl methyl sites for hydroxylation is 2. The molecule has 17 heavy (non-hydrogen) atoms. The summed E-state index contributed by atoms with van der Waals surface area (Å²) in [6.07, 6.45) is 0. The minimum atomic E-state index is -3.85. The number of nitrogens with zero attached hydrogens (tertiary/aromatic N) is 2. The third kappa shape index (κ3) is 4.57. The van der Waals surface area contributed by atoms with Gasteiger partial charge in [-0.2, -0.15) is 0 Å². The maximum absolute atomic E-state index is 11.7. The average molecular weight is 299 g/mol. The smallest absolute Gasteiger partial charge is 0.224 e. The molecule has 0 aliphatic heterocycles. The molecule has 1 rings (SSSR count). The van der Waals surface area contributed by atoms with E-state index in [0.29, 0.717) is 11.4 Å². The van der Waals surface area contributed by atoms with Crippen molar-refractivity contribution in [3.05, 3.63) is 17.5 Å². The van der Waals surface area contributed by atoms with Crippen molar-refractivity contribution in [2.45, 2.75) is 19.0 Å². The third-order valence-corrected chi connectivity index (χ3v) is 4.73. The van der Waals surface area contributed by atoms with Gasteiger partial charge >= 0.3 is 0 Å². The highest BCUT2D eigenvalue weighted by Gasteiger charge is 2.21. The van der Waals surface area contributed by atoms with E-state index < -0.39 is 30.4 Å². The zero-order valence-corrected chi connectivity index (χ0v) is 11.6. The number of aromatic nitrogens is 2. The van der Waals surface area contributed by atoms with Gasteiger partial charge in [-0.25, -0.2) is 26.8 Å². The molecule has 96 valence electrons. The molecule has 1 heterocycles. The molecule has 1 aromatic rings. The summed E-state index contributed by atoms with van der Waals surface area (Å²) in [7, 11) is -2.72. The molecule has 9 heteroatoms. The van der Waals surface area contributed by atoms with Crippen LogP contribution in [0.4, 0.5) is 0 Å². The lowest BCUT2D eigenvalue weighted by atomic mass is 10.4. The Hall–Kier alpha value is -0.730. The summed E-state index contributed by atoms with van der Waals surface area (Å²) in [4.78, 5) is 7.54. The lowest BCUT2D eigenvalue weighted by molar-refractivity contribution is 0.583. The predicted molar refractivity (Wildman–Crippen MR) is 63.2 cm³/mol. The fourth-order valence-electron chi connectivity index (χ4n) is 1.13. The number of hydrogen-bond acceptors (Lipinski definition) is 6. The predicted octanol–water partition coefficient (Wildman–Crippen LogP) is 0.436. The van der Waals surface area contributed by atoms with Crippen molar-refractivity contribution in [2.24, 2.45) is 0 Å². The minimum Gasteiger partial charge on any atom is -0.224 e. The first-order valence-electron chi connectivity index (χ1n) is 4.57. The Kier molecular flexibility index (Phi) is 4.11. The maximum atomic E-state index is 11.7. The van der Waals surface area contributed by atoms with E-state index in [9.17, 15) is 16.8 Å². The molecule has 0 fully saturated rings. The molecule has 0 aliphatic rings. The number of sulfone groups is 1. The molecule has 0 aliphatic carbocycles. The summed E-state index contributed by atoms with van der Waals surface area (Å²) >= 11 is 0. The van der Waals surface area contributed by atoms with Crippen LogP contribution in [0.25, 0.3) is 0 Å². The van der Waals surface area contributed by atoms with Crippen LogP contribution in [0.15, 0.2) is 11.2 Å². The number of halogens is 1. The van der Waals surface area contributed by atoms with Crippen LogP contribution in [-0.4, -0.2) is 38.3 Å². The highest BCUT2D eigenvalue weighted by atomic mass is 35.7. The van der Waals surface area contributed by atoms with E-state index in [1.165, 1.54) is 0 Å². The second-order valence-electron chi connectivity index (χ2n) is 3.50. The lowest BCUT2D eigenvalue weighted by Crippen LogP contribution is -2.17. The molecule has 0 saturated carbocycles. The van der Waals surface area contributed by atoms with Crippen LogP contribution in [-0.2, 0) is 18.9 Å². The van der Waals surface area contributed by atoms with Crippen LogP contribution in [0, 0.1) is 13.8 Å². The maximum Gasteiger partial charge on any atom is 0.247 e. The Bertz CT molecular complexity index is 605. The van der Waals surface area contributed by atoms with E-state index in [-0.39, 0.29) is 5.16 Å². The monoisotopic (exact) mass is 298 g/mol. The van der Waals surface area contributed by atoms with Crippen LogP contribution < -0.4 is 0 Å². The van der Waals surface area contributed by atoms with Crippen molar-refractivity contribution in [1.29, 1.82) is 0 Å². The lowest BCUT2D eigenvalue weighted by Gasteiger charge is -2.03. The van der Waals surface area contributed by atoms with Gasteiger partial charge in [-0.05, 0) is 19.9 Å². The van der Waals surface area contributed by atoms with Crippen molar-refractivity contribution < 1.29 is 16.8 Å². The van der Waals surface area contributed by atoms with Crippen molar-refractivity contribution in [3.8, 4) is 0 Å². The van der Waals surface area contributed by atoms with E-state index in [1.807, 2.05) is 0 Å². The molecule has 0 N–H and O–H groups in total. The van der Waals surface area contributed by atoms with E-state index in [0.717, 1.165) is 0 Å². The summed E-state index contributed by atoms with van der Waals surface area (Å²) in [5.41, 5.74) is 1.01. The summed E-state index contributed by atoms with van der Waals surface area (Å²) < 4.78 is 44.9.